The van der Waals surface area contributed by atoms with E-state index in [4.69, 9.17) is 0 Å². The van der Waals surface area contributed by atoms with Gasteiger partial charge in [-0.15, -0.1) is 0 Å². The van der Waals surface area contributed by atoms with Crippen LogP contribution in [0.4, 0.5) is 15.8 Å². The zero-order valence-electron chi connectivity index (χ0n) is 8.98. The number of aromatic nitrogens is 3. The minimum atomic E-state index is -0.359. The number of hydrogen-bond donors (Lipinski definition) is 2. The third-order valence-electron chi connectivity index (χ3n) is 2.39. The fourth-order valence-electron chi connectivity index (χ4n) is 1.54. The van der Waals surface area contributed by atoms with Crippen LogP contribution in [-0.4, -0.2) is 15.3 Å². The third-order valence-corrected chi connectivity index (χ3v) is 2.39. The van der Waals surface area contributed by atoms with Crippen LogP contribution < -0.4 is 10.9 Å². The minimum Gasteiger partial charge on any atom is -0.351 e. The number of benzene rings is 1. The Morgan fingerprint density at radius 2 is 2.00 bits per heavy atom. The molecule has 3 rings (SSSR count). The van der Waals surface area contributed by atoms with E-state index < -0.39 is 0 Å². The van der Waals surface area contributed by atoms with E-state index in [2.05, 4.69) is 25.2 Å². The predicted molar refractivity (Wildman–Crippen MR) is 62.1 cm³/mol. The average molecular weight is 246 g/mol. The lowest BCUT2D eigenvalue weighted by atomic mass is 10.3. The molecule has 0 aliphatic heterocycles. The van der Waals surface area contributed by atoms with E-state index in [1.54, 1.807) is 0 Å². The van der Waals surface area contributed by atoms with Gasteiger partial charge in [-0.1, -0.05) is 0 Å². The van der Waals surface area contributed by atoms with Crippen molar-refractivity contribution in [2.45, 2.75) is 0 Å². The molecule has 0 aliphatic carbocycles. The van der Waals surface area contributed by atoms with Crippen molar-refractivity contribution in [1.82, 2.24) is 15.3 Å². The fraction of sp³-hybridized carbons (Fsp3) is 0. The standard InChI is InChI=1S/C11H7FN4O2/c12-6-1-3-7(4-2-6)13-9-5-8-10(14-11(9)17)16-18-15-8/h1-5,13H,(H,14,16,17). The predicted octanol–water partition coefficient (Wildman–Crippen LogP) is 1.79. The second-order valence-corrected chi connectivity index (χ2v) is 3.64. The number of H-pyrrole nitrogens is 1. The Kier molecular flexibility index (Phi) is 2.30. The highest BCUT2D eigenvalue weighted by Crippen LogP contribution is 2.15. The monoisotopic (exact) mass is 246 g/mol. The Labute approximate surface area is 99.4 Å². The van der Waals surface area contributed by atoms with Gasteiger partial charge in [0, 0.05) is 11.8 Å². The van der Waals surface area contributed by atoms with Crippen molar-refractivity contribution in [3.05, 3.63) is 46.5 Å². The van der Waals surface area contributed by atoms with Gasteiger partial charge in [0.2, 0.25) is 5.65 Å². The minimum absolute atomic E-state index is 0.282. The van der Waals surface area contributed by atoms with Crippen molar-refractivity contribution in [2.24, 2.45) is 0 Å². The third kappa shape index (κ3) is 1.81. The van der Waals surface area contributed by atoms with Gasteiger partial charge in [0.15, 0.2) is 5.52 Å². The number of fused-ring (bicyclic) bond motifs is 1. The second-order valence-electron chi connectivity index (χ2n) is 3.64. The van der Waals surface area contributed by atoms with E-state index in [9.17, 15) is 9.18 Å². The molecule has 3 aromatic rings. The molecule has 0 amide bonds. The van der Waals surface area contributed by atoms with Crippen molar-refractivity contribution in [2.75, 3.05) is 5.32 Å². The van der Waals surface area contributed by atoms with Gasteiger partial charge in [-0.05, 0) is 34.6 Å². The fourth-order valence-corrected chi connectivity index (χ4v) is 1.54. The van der Waals surface area contributed by atoms with Gasteiger partial charge in [0.1, 0.15) is 11.5 Å². The normalized spacial score (nSPS) is 10.7. The van der Waals surface area contributed by atoms with Gasteiger partial charge in [-0.2, -0.15) is 0 Å². The van der Waals surface area contributed by atoms with Crippen molar-refractivity contribution in [3.63, 3.8) is 0 Å². The van der Waals surface area contributed by atoms with Crippen LogP contribution >= 0.6 is 0 Å². The summed E-state index contributed by atoms with van der Waals surface area (Å²) < 4.78 is 17.2. The molecule has 7 heteroatoms. The SMILES string of the molecule is O=c1[nH]c2nonc2cc1Nc1ccc(F)cc1. The molecule has 2 N–H and O–H groups in total. The molecule has 0 bridgehead atoms. The van der Waals surface area contributed by atoms with Gasteiger partial charge in [-0.25, -0.2) is 9.02 Å². The smallest absolute Gasteiger partial charge is 0.273 e. The summed E-state index contributed by atoms with van der Waals surface area (Å²) >= 11 is 0. The van der Waals surface area contributed by atoms with Gasteiger partial charge in [-0.3, -0.25) is 4.79 Å². The van der Waals surface area contributed by atoms with Crippen molar-refractivity contribution in [1.29, 1.82) is 0 Å². The highest BCUT2D eigenvalue weighted by Gasteiger charge is 2.07. The Morgan fingerprint density at radius 3 is 2.78 bits per heavy atom. The summed E-state index contributed by atoms with van der Waals surface area (Å²) in [6.45, 7) is 0. The highest BCUT2D eigenvalue weighted by atomic mass is 19.1. The van der Waals surface area contributed by atoms with E-state index in [1.165, 1.54) is 30.3 Å². The summed E-state index contributed by atoms with van der Waals surface area (Å²) in [4.78, 5) is 14.2. The van der Waals surface area contributed by atoms with E-state index >= 15 is 0 Å². The molecule has 0 aliphatic rings. The first-order chi connectivity index (χ1) is 8.72. The van der Waals surface area contributed by atoms with Gasteiger partial charge >= 0.3 is 0 Å². The summed E-state index contributed by atoms with van der Waals surface area (Å²) in [6.07, 6.45) is 0. The molecule has 0 spiro atoms. The lowest BCUT2D eigenvalue weighted by Crippen LogP contribution is -2.11. The van der Waals surface area contributed by atoms with Crippen LogP contribution in [0.15, 0.2) is 39.8 Å². The maximum absolute atomic E-state index is 12.7. The molecular formula is C11H7FN4O2. The van der Waals surface area contributed by atoms with E-state index in [-0.39, 0.29) is 22.7 Å². The van der Waals surface area contributed by atoms with E-state index in [0.717, 1.165) is 0 Å². The summed E-state index contributed by atoms with van der Waals surface area (Å²) in [5.74, 6) is -0.342. The first-order valence-corrected chi connectivity index (χ1v) is 5.10. The summed E-state index contributed by atoms with van der Waals surface area (Å²) in [7, 11) is 0. The van der Waals surface area contributed by atoms with E-state index in [1.807, 2.05) is 0 Å². The lowest BCUT2D eigenvalue weighted by Gasteiger charge is -2.04. The van der Waals surface area contributed by atoms with Crippen molar-refractivity contribution < 1.29 is 9.02 Å². The highest BCUT2D eigenvalue weighted by molar-refractivity contribution is 5.74. The van der Waals surface area contributed by atoms with Crippen LogP contribution in [0.2, 0.25) is 0 Å². The van der Waals surface area contributed by atoms with Crippen LogP contribution in [-0.2, 0) is 0 Å². The molecule has 0 fully saturated rings. The Balaban J connectivity index is 2.01. The van der Waals surface area contributed by atoms with E-state index in [0.29, 0.717) is 11.2 Å². The van der Waals surface area contributed by atoms with Crippen LogP contribution in [0.3, 0.4) is 0 Å². The summed E-state index contributed by atoms with van der Waals surface area (Å²) in [6, 6.07) is 7.16. The number of aromatic amines is 1. The number of rotatable bonds is 2. The van der Waals surface area contributed by atoms with Crippen molar-refractivity contribution in [3.8, 4) is 0 Å². The number of anilines is 2. The first kappa shape index (κ1) is 10.5. The molecule has 6 nitrogen and oxygen atoms in total. The quantitative estimate of drug-likeness (QED) is 0.720. The molecule has 0 saturated heterocycles. The van der Waals surface area contributed by atoms with Gasteiger partial charge in [0.25, 0.3) is 5.56 Å². The molecule has 1 aromatic carbocycles. The second kappa shape index (κ2) is 3.95. The van der Waals surface area contributed by atoms with Crippen LogP contribution in [0.1, 0.15) is 0 Å². The molecule has 0 radical (unpaired) electrons. The Morgan fingerprint density at radius 1 is 1.22 bits per heavy atom. The number of nitrogens with one attached hydrogen (secondary N) is 2. The van der Waals surface area contributed by atoms with Gasteiger partial charge < -0.3 is 10.3 Å². The van der Waals surface area contributed by atoms with Gasteiger partial charge in [0.05, 0.1) is 0 Å². The zero-order valence-corrected chi connectivity index (χ0v) is 8.98. The number of halogens is 1. The first-order valence-electron chi connectivity index (χ1n) is 5.10. The maximum atomic E-state index is 12.7. The number of nitrogens with zero attached hydrogens (tertiary/aromatic N) is 2. The Hall–Kier alpha value is -2.70. The molecule has 90 valence electrons. The maximum Gasteiger partial charge on any atom is 0.273 e. The molecule has 0 saturated carbocycles. The lowest BCUT2D eigenvalue weighted by molar-refractivity contribution is 0.314. The molecule has 18 heavy (non-hydrogen) atoms. The largest absolute Gasteiger partial charge is 0.351 e. The molecule has 2 aromatic heterocycles. The van der Waals surface area contributed by atoms with Crippen LogP contribution in [0.5, 0.6) is 0 Å². The number of pyridine rings is 1. The molecule has 0 atom stereocenters. The topological polar surface area (TPSA) is 83.8 Å². The zero-order chi connectivity index (χ0) is 12.5. The number of hydrogen-bond acceptors (Lipinski definition) is 5. The summed E-state index contributed by atoms with van der Waals surface area (Å²) in [5, 5.41) is 10.0. The van der Waals surface area contributed by atoms with Crippen molar-refractivity contribution >= 4 is 22.5 Å². The molecule has 2 heterocycles. The summed E-state index contributed by atoms with van der Waals surface area (Å²) in [5.41, 5.74) is 1.23. The molecule has 0 unspecified atom stereocenters. The van der Waals surface area contributed by atoms with Crippen LogP contribution in [0, 0.1) is 5.82 Å². The molecular weight excluding hydrogens is 239 g/mol. The average Bonchev–Trinajstić information content (AvgIpc) is 2.79. The Bertz CT molecular complexity index is 748. The van der Waals surface area contributed by atoms with Crippen LogP contribution in [0.25, 0.3) is 11.2 Å².